The molecule has 0 bridgehead atoms. The van der Waals surface area contributed by atoms with Crippen LogP contribution in [0.1, 0.15) is 45.6 Å². The summed E-state index contributed by atoms with van der Waals surface area (Å²) in [5, 5.41) is 8.20. The Morgan fingerprint density at radius 3 is 2.44 bits per heavy atom. The standard InChI is InChI=1S/C18H27N3O2S2/c1-12-6-5-7-17(13(12)2)19-18(24)21-20-14(3)15-8-10-16(11-9-15)25(4,22)23/h8-13,17H,5-7H2,1-4H3,(H2,19,21,24)/b20-14-/t12-,13-,17+/m1/s1. The molecule has 7 heteroatoms. The van der Waals surface area contributed by atoms with Crippen molar-refractivity contribution < 1.29 is 8.42 Å². The van der Waals surface area contributed by atoms with Crippen LogP contribution in [0.15, 0.2) is 34.3 Å². The van der Waals surface area contributed by atoms with E-state index >= 15 is 0 Å². The summed E-state index contributed by atoms with van der Waals surface area (Å²) in [5.74, 6) is 1.29. The third-order valence-electron chi connectivity index (χ3n) is 5.05. The van der Waals surface area contributed by atoms with Crippen molar-refractivity contribution in [1.29, 1.82) is 0 Å². The van der Waals surface area contributed by atoms with E-state index in [0.29, 0.717) is 27.9 Å². The predicted octanol–water partition coefficient (Wildman–Crippen LogP) is 3.10. The summed E-state index contributed by atoms with van der Waals surface area (Å²) in [7, 11) is -3.18. The molecule has 2 rings (SSSR count). The first-order valence-corrected chi connectivity index (χ1v) is 10.9. The maximum Gasteiger partial charge on any atom is 0.187 e. The van der Waals surface area contributed by atoms with E-state index in [9.17, 15) is 8.42 Å². The zero-order valence-corrected chi connectivity index (χ0v) is 16.9. The molecule has 138 valence electrons. The third kappa shape index (κ3) is 5.51. The second-order valence-electron chi connectivity index (χ2n) is 6.95. The maximum atomic E-state index is 11.5. The van der Waals surface area contributed by atoms with Crippen LogP contribution in [-0.4, -0.2) is 31.5 Å². The Morgan fingerprint density at radius 1 is 1.20 bits per heavy atom. The van der Waals surface area contributed by atoms with E-state index in [1.165, 1.54) is 19.1 Å². The number of rotatable bonds is 4. The molecule has 1 aliphatic carbocycles. The quantitative estimate of drug-likeness (QED) is 0.476. The van der Waals surface area contributed by atoms with Gasteiger partial charge in [0.05, 0.1) is 10.6 Å². The molecule has 0 aromatic heterocycles. The smallest absolute Gasteiger partial charge is 0.187 e. The van der Waals surface area contributed by atoms with E-state index in [2.05, 4.69) is 29.7 Å². The van der Waals surface area contributed by atoms with Crippen LogP contribution in [0.2, 0.25) is 0 Å². The number of nitrogens with one attached hydrogen (secondary N) is 2. The number of hydrazone groups is 1. The van der Waals surface area contributed by atoms with Crippen LogP contribution < -0.4 is 10.7 Å². The number of benzene rings is 1. The van der Waals surface area contributed by atoms with Gasteiger partial charge in [-0.15, -0.1) is 0 Å². The Bertz CT molecular complexity index is 742. The van der Waals surface area contributed by atoms with Gasteiger partial charge in [0.2, 0.25) is 0 Å². The Balaban J connectivity index is 1.95. The van der Waals surface area contributed by atoms with Gasteiger partial charge in [-0.2, -0.15) is 5.10 Å². The van der Waals surface area contributed by atoms with E-state index in [4.69, 9.17) is 12.2 Å². The molecule has 0 radical (unpaired) electrons. The fourth-order valence-electron chi connectivity index (χ4n) is 3.13. The first-order valence-electron chi connectivity index (χ1n) is 8.59. The van der Waals surface area contributed by atoms with Crippen LogP contribution in [0.5, 0.6) is 0 Å². The molecule has 0 amide bonds. The van der Waals surface area contributed by atoms with E-state index in [1.54, 1.807) is 24.3 Å². The Morgan fingerprint density at radius 2 is 1.84 bits per heavy atom. The molecule has 1 fully saturated rings. The number of hydrogen-bond donors (Lipinski definition) is 2. The minimum atomic E-state index is -3.18. The fourth-order valence-corrected chi connectivity index (χ4v) is 3.96. The van der Waals surface area contributed by atoms with Crippen LogP contribution in [0.3, 0.4) is 0 Å². The normalized spacial score (nSPS) is 24.6. The zero-order chi connectivity index (χ0) is 18.6. The molecule has 1 aliphatic rings. The van der Waals surface area contributed by atoms with Gasteiger partial charge in [-0.05, 0) is 55.1 Å². The average molecular weight is 382 g/mol. The van der Waals surface area contributed by atoms with Gasteiger partial charge in [-0.25, -0.2) is 8.42 Å². The minimum Gasteiger partial charge on any atom is -0.358 e. The summed E-state index contributed by atoms with van der Waals surface area (Å²) in [4.78, 5) is 0.301. The van der Waals surface area contributed by atoms with Crippen LogP contribution in [0.4, 0.5) is 0 Å². The maximum absolute atomic E-state index is 11.5. The van der Waals surface area contributed by atoms with E-state index in [0.717, 1.165) is 17.7 Å². The van der Waals surface area contributed by atoms with Gasteiger partial charge in [0.15, 0.2) is 14.9 Å². The van der Waals surface area contributed by atoms with Crippen LogP contribution in [0, 0.1) is 11.8 Å². The number of sulfone groups is 1. The summed E-state index contributed by atoms with van der Waals surface area (Å²) in [5.41, 5.74) is 4.49. The molecular formula is C18H27N3O2S2. The highest BCUT2D eigenvalue weighted by molar-refractivity contribution is 7.90. The molecule has 0 heterocycles. The van der Waals surface area contributed by atoms with Crippen LogP contribution in [0.25, 0.3) is 0 Å². The minimum absolute atomic E-state index is 0.301. The largest absolute Gasteiger partial charge is 0.358 e. The first-order chi connectivity index (χ1) is 11.7. The van der Waals surface area contributed by atoms with Crippen molar-refractivity contribution >= 4 is 32.9 Å². The van der Waals surface area contributed by atoms with Gasteiger partial charge in [0, 0.05) is 12.3 Å². The molecule has 0 saturated heterocycles. The van der Waals surface area contributed by atoms with E-state index < -0.39 is 9.84 Å². The lowest BCUT2D eigenvalue weighted by atomic mass is 9.78. The topological polar surface area (TPSA) is 70.6 Å². The van der Waals surface area contributed by atoms with Crippen molar-refractivity contribution in [2.45, 2.75) is 51.0 Å². The van der Waals surface area contributed by atoms with Gasteiger partial charge in [0.25, 0.3) is 0 Å². The molecule has 1 saturated carbocycles. The summed E-state index contributed by atoms with van der Waals surface area (Å²) < 4.78 is 23.0. The van der Waals surface area contributed by atoms with Crippen molar-refractivity contribution in [1.82, 2.24) is 10.7 Å². The first kappa shape index (κ1) is 19.8. The average Bonchev–Trinajstić information content (AvgIpc) is 2.56. The highest BCUT2D eigenvalue weighted by atomic mass is 32.2. The van der Waals surface area contributed by atoms with Gasteiger partial charge in [-0.3, -0.25) is 5.43 Å². The van der Waals surface area contributed by atoms with Crippen LogP contribution in [-0.2, 0) is 9.84 Å². The molecular weight excluding hydrogens is 354 g/mol. The summed E-state index contributed by atoms with van der Waals surface area (Å²) >= 11 is 5.36. The fraction of sp³-hybridized carbons (Fsp3) is 0.556. The van der Waals surface area contributed by atoms with Gasteiger partial charge >= 0.3 is 0 Å². The Labute approximate surface area is 156 Å². The highest BCUT2D eigenvalue weighted by Gasteiger charge is 2.27. The van der Waals surface area contributed by atoms with Gasteiger partial charge in [-0.1, -0.05) is 38.8 Å². The number of nitrogens with zero attached hydrogens (tertiary/aromatic N) is 1. The predicted molar refractivity (Wildman–Crippen MR) is 107 cm³/mol. The van der Waals surface area contributed by atoms with E-state index in [1.807, 2.05) is 6.92 Å². The van der Waals surface area contributed by atoms with Crippen molar-refractivity contribution in [3.63, 3.8) is 0 Å². The number of hydrogen-bond acceptors (Lipinski definition) is 4. The summed E-state index contributed by atoms with van der Waals surface area (Å²) in [6, 6.07) is 7.06. The summed E-state index contributed by atoms with van der Waals surface area (Å²) in [6.45, 7) is 6.41. The highest BCUT2D eigenvalue weighted by Crippen LogP contribution is 2.29. The lowest BCUT2D eigenvalue weighted by Crippen LogP contribution is -2.46. The lowest BCUT2D eigenvalue weighted by Gasteiger charge is -2.35. The zero-order valence-electron chi connectivity index (χ0n) is 15.2. The molecule has 5 nitrogen and oxygen atoms in total. The van der Waals surface area contributed by atoms with Crippen molar-refractivity contribution in [2.75, 3.05) is 6.26 Å². The second-order valence-corrected chi connectivity index (χ2v) is 9.38. The monoisotopic (exact) mass is 381 g/mol. The van der Waals surface area contributed by atoms with Crippen molar-refractivity contribution in [3.8, 4) is 0 Å². The van der Waals surface area contributed by atoms with Crippen molar-refractivity contribution in [3.05, 3.63) is 29.8 Å². The second kappa shape index (κ2) is 8.27. The molecule has 25 heavy (non-hydrogen) atoms. The molecule has 0 unspecified atom stereocenters. The molecule has 3 atom stereocenters. The SMILES string of the molecule is C/C(=N/NC(=S)N[C@H]1CCC[C@@H](C)[C@H]1C)c1ccc(S(C)(=O)=O)cc1. The summed E-state index contributed by atoms with van der Waals surface area (Å²) in [6.07, 6.45) is 4.83. The molecule has 2 N–H and O–H groups in total. The molecule has 1 aromatic carbocycles. The molecule has 0 spiro atoms. The number of thiocarbonyl (C=S) groups is 1. The van der Waals surface area contributed by atoms with Gasteiger partial charge in [0.1, 0.15) is 0 Å². The lowest BCUT2D eigenvalue weighted by molar-refractivity contribution is 0.224. The van der Waals surface area contributed by atoms with Gasteiger partial charge < -0.3 is 5.32 Å². The molecule has 0 aliphatic heterocycles. The Kier molecular flexibility index (Phi) is 6.57. The van der Waals surface area contributed by atoms with E-state index in [-0.39, 0.29) is 0 Å². The Hall–Kier alpha value is -1.47. The van der Waals surface area contributed by atoms with Crippen LogP contribution >= 0.6 is 12.2 Å². The molecule has 1 aromatic rings. The third-order valence-corrected chi connectivity index (χ3v) is 6.39. The van der Waals surface area contributed by atoms with Crippen molar-refractivity contribution in [2.24, 2.45) is 16.9 Å².